The van der Waals surface area contributed by atoms with Crippen molar-refractivity contribution in [3.63, 3.8) is 0 Å². The van der Waals surface area contributed by atoms with Gasteiger partial charge in [0.2, 0.25) is 0 Å². The molecule has 5 heteroatoms. The van der Waals surface area contributed by atoms with Gasteiger partial charge in [-0.1, -0.05) is 0 Å². The molecule has 1 nitrogen and oxygen atoms in total. The van der Waals surface area contributed by atoms with Crippen LogP contribution in [0.25, 0.3) is 0 Å². The summed E-state index contributed by atoms with van der Waals surface area (Å²) >= 11 is 1.19. The molecular weight excluding hydrogens is 496 g/mol. The van der Waals surface area contributed by atoms with Crippen LogP contribution in [0.15, 0.2) is 0 Å². The zero-order valence-electron chi connectivity index (χ0n) is 15.4. The summed E-state index contributed by atoms with van der Waals surface area (Å²) < 4.78 is 0. The summed E-state index contributed by atoms with van der Waals surface area (Å²) in [7, 11) is 4.36. The first-order chi connectivity index (χ1) is 9.77. The van der Waals surface area contributed by atoms with Gasteiger partial charge in [0.25, 0.3) is 0 Å². The Morgan fingerprint density at radius 3 is 1.10 bits per heavy atom. The zero-order valence-corrected chi connectivity index (χ0v) is 20.9. The van der Waals surface area contributed by atoms with Crippen LogP contribution in [0.4, 0.5) is 0 Å². The van der Waals surface area contributed by atoms with Crippen molar-refractivity contribution in [3.8, 4) is 0 Å². The van der Waals surface area contributed by atoms with Crippen LogP contribution in [0, 0.1) is 0 Å². The maximum atomic E-state index is 4.69. The Bertz CT molecular complexity index is 188. The molecule has 0 atom stereocenters. The second-order valence-electron chi connectivity index (χ2n) is 7.02. The van der Waals surface area contributed by atoms with Gasteiger partial charge in [-0.3, -0.25) is 0 Å². The van der Waals surface area contributed by atoms with Gasteiger partial charge >= 0.3 is 27.5 Å². The van der Waals surface area contributed by atoms with Gasteiger partial charge in [0.1, 0.15) is 0 Å². The van der Waals surface area contributed by atoms with E-state index in [-0.39, 0.29) is 15.8 Å². The summed E-state index contributed by atoms with van der Waals surface area (Å²) in [6.45, 7) is 21.8. The van der Waals surface area contributed by atoms with Crippen LogP contribution in [0.5, 0.6) is 0 Å². The van der Waals surface area contributed by atoms with Gasteiger partial charge in [-0.25, -0.2) is 0 Å². The monoisotopic (exact) mass is 537 g/mol. The molecule has 0 spiro atoms. The average Bonchev–Trinajstić information content (AvgIpc) is 2.38. The Morgan fingerprint density at radius 2 is 0.905 bits per heavy atom. The third kappa shape index (κ3) is 12.8. The van der Waals surface area contributed by atoms with E-state index in [9.17, 15) is 0 Å². The van der Waals surface area contributed by atoms with Crippen molar-refractivity contribution in [3.05, 3.63) is 0 Å². The van der Waals surface area contributed by atoms with E-state index in [1.54, 1.807) is 0 Å². The molecule has 21 heavy (non-hydrogen) atoms. The zero-order chi connectivity index (χ0) is 17.0. The van der Waals surface area contributed by atoms with E-state index in [2.05, 4.69) is 60.7 Å². The maximum absolute atomic E-state index is 4.69. The summed E-state index contributed by atoms with van der Waals surface area (Å²) in [6.07, 6.45) is 2.87. The van der Waals surface area contributed by atoms with Gasteiger partial charge < -0.3 is 5.32 Å². The first-order valence-electron chi connectivity index (χ1n) is 8.33. The SMILES string of the molecule is CC(C)[PH+](CCNCC[PH+](C(C)C)C(C)C)C(C)C.[Cl][IrH2]. The van der Waals surface area contributed by atoms with Crippen LogP contribution in [-0.2, 0) is 17.9 Å². The van der Waals surface area contributed by atoms with Gasteiger partial charge in [0.05, 0.1) is 35.0 Å². The molecule has 0 radical (unpaired) electrons. The standard InChI is InChI=1S/C16H37NP2.ClH.Ir.2H/c1-13(2)18(14(3)4)11-9-17-10-12-19(15(5)6)16(7)8;;;;/h13-17H,9-12H2,1-8H3;1H;;;/q;;+1;;/p+1. The molecule has 0 rings (SSSR count). The summed E-state index contributed by atoms with van der Waals surface area (Å²) in [4.78, 5) is 0. The number of rotatable bonds is 10. The normalized spacial score (nSPS) is 12.0. The number of nitrogens with one attached hydrogen (secondary N) is 1. The molecule has 0 aromatic heterocycles. The quantitative estimate of drug-likeness (QED) is 0.313. The van der Waals surface area contributed by atoms with Crippen molar-refractivity contribution in [1.82, 2.24) is 5.32 Å². The molecule has 0 aliphatic heterocycles. The van der Waals surface area contributed by atoms with E-state index in [1.807, 2.05) is 0 Å². The third-order valence-corrected chi connectivity index (χ3v) is 11.7. The Labute approximate surface area is 151 Å². The summed E-state index contributed by atoms with van der Waals surface area (Å²) in [5, 5.41) is 3.72. The van der Waals surface area contributed by atoms with Crippen LogP contribution in [0.2, 0.25) is 0 Å². The molecule has 0 aromatic carbocycles. The third-order valence-electron chi connectivity index (χ3n) is 4.15. The molecule has 0 heterocycles. The topological polar surface area (TPSA) is 12.0 Å². The number of hydrogen-bond acceptors (Lipinski definition) is 1. The molecule has 0 aromatic rings. The Balaban J connectivity index is 0. The predicted molar refractivity (Wildman–Crippen MR) is 108 cm³/mol. The molecule has 0 aliphatic rings. The molecule has 0 saturated carbocycles. The van der Waals surface area contributed by atoms with E-state index in [1.165, 1.54) is 43.3 Å². The van der Waals surface area contributed by atoms with Gasteiger partial charge in [-0.2, -0.15) is 0 Å². The van der Waals surface area contributed by atoms with E-state index in [4.69, 9.17) is 9.58 Å². The van der Waals surface area contributed by atoms with Gasteiger partial charge in [0.15, 0.2) is 0 Å². The minimum atomic E-state index is -0.166. The summed E-state index contributed by atoms with van der Waals surface area (Å²) in [5.74, 6) is 0. The molecule has 0 fully saturated rings. The first kappa shape index (κ1) is 25.0. The molecule has 0 bridgehead atoms. The van der Waals surface area contributed by atoms with Crippen LogP contribution in [-0.4, -0.2) is 48.0 Å². The van der Waals surface area contributed by atoms with Crippen molar-refractivity contribution in [2.75, 3.05) is 25.4 Å². The van der Waals surface area contributed by atoms with Crippen LogP contribution >= 0.6 is 25.4 Å². The Kier molecular flexibility index (Phi) is 18.2. The van der Waals surface area contributed by atoms with Gasteiger partial charge in [-0.15, -0.1) is 0 Å². The molecule has 0 aliphatic carbocycles. The molecule has 0 unspecified atom stereocenters. The molecule has 1 N–H and O–H groups in total. The Morgan fingerprint density at radius 1 is 0.667 bits per heavy atom. The van der Waals surface area contributed by atoms with Gasteiger partial charge in [-0.05, 0) is 55.4 Å². The predicted octanol–water partition coefficient (Wildman–Crippen LogP) is 4.79. The minimum absolute atomic E-state index is 0.166. The van der Waals surface area contributed by atoms with Crippen molar-refractivity contribution in [1.29, 1.82) is 0 Å². The fraction of sp³-hybridized carbons (Fsp3) is 1.00. The molecule has 134 valence electrons. The average molecular weight is 537 g/mol. The van der Waals surface area contributed by atoms with E-state index < -0.39 is 0 Å². The summed E-state index contributed by atoms with van der Waals surface area (Å²) in [6, 6.07) is 0. The molecule has 0 saturated heterocycles. The van der Waals surface area contributed by atoms with Crippen molar-refractivity contribution in [2.24, 2.45) is 0 Å². The molecular formula is C16H41ClIrNP2+2. The van der Waals surface area contributed by atoms with E-state index in [0.717, 1.165) is 22.6 Å². The van der Waals surface area contributed by atoms with E-state index in [0.29, 0.717) is 0 Å². The van der Waals surface area contributed by atoms with Gasteiger partial charge in [0, 0.05) is 28.9 Å². The second-order valence-corrected chi connectivity index (χ2v) is 14.9. The first-order valence-corrected chi connectivity index (χ1v) is 15.4. The fourth-order valence-electron chi connectivity index (χ4n) is 3.08. The van der Waals surface area contributed by atoms with Crippen LogP contribution in [0.1, 0.15) is 55.4 Å². The second kappa shape index (κ2) is 15.3. The number of hydrogen-bond donors (Lipinski definition) is 1. The van der Waals surface area contributed by atoms with Crippen LogP contribution < -0.4 is 5.32 Å². The number of halogens is 1. The van der Waals surface area contributed by atoms with Crippen molar-refractivity contribution >= 4 is 25.4 Å². The molecule has 0 amide bonds. The van der Waals surface area contributed by atoms with E-state index >= 15 is 0 Å². The Hall–Kier alpha value is 1.76. The van der Waals surface area contributed by atoms with Crippen LogP contribution in [0.3, 0.4) is 0 Å². The van der Waals surface area contributed by atoms with Crippen molar-refractivity contribution in [2.45, 2.75) is 78.0 Å². The summed E-state index contributed by atoms with van der Waals surface area (Å²) in [5.41, 5.74) is 3.66. The fourth-order valence-corrected chi connectivity index (χ4v) is 8.99. The van der Waals surface area contributed by atoms with Crippen molar-refractivity contribution < 1.29 is 17.9 Å².